The first-order chi connectivity index (χ1) is 16.5. The van der Waals surface area contributed by atoms with E-state index in [1.165, 1.54) is 54.6 Å². The number of nitrogens with zero attached hydrogens (tertiary/aromatic N) is 2. The smallest absolute Gasteiger partial charge is 0.265 e. The van der Waals surface area contributed by atoms with Crippen LogP contribution in [0.4, 0.5) is 15.8 Å². The molecule has 2 aliphatic rings. The van der Waals surface area contributed by atoms with Gasteiger partial charge in [0.15, 0.2) is 9.84 Å². The highest BCUT2D eigenvalue weighted by atomic mass is 35.5. The van der Waals surface area contributed by atoms with Crippen molar-refractivity contribution in [1.29, 1.82) is 0 Å². The normalized spacial score (nSPS) is 17.0. The van der Waals surface area contributed by atoms with Gasteiger partial charge in [0.2, 0.25) is 0 Å². The molecule has 6 nitrogen and oxygen atoms in total. The van der Waals surface area contributed by atoms with Crippen LogP contribution in [0.3, 0.4) is 0 Å². The Balaban J connectivity index is 1.42. The molecule has 5 rings (SSSR count). The molecule has 1 aromatic carbocycles. The molecule has 1 aliphatic heterocycles. The van der Waals surface area contributed by atoms with Crippen LogP contribution in [0.5, 0.6) is 0 Å². The van der Waals surface area contributed by atoms with Gasteiger partial charge < -0.3 is 10.2 Å². The molecule has 1 spiro atoms. The van der Waals surface area contributed by atoms with Crippen molar-refractivity contribution in [2.24, 2.45) is 5.41 Å². The summed E-state index contributed by atoms with van der Waals surface area (Å²) < 4.78 is 38.0. The van der Waals surface area contributed by atoms with E-state index in [1.54, 1.807) is 6.07 Å². The number of halogens is 2. The van der Waals surface area contributed by atoms with Crippen LogP contribution in [0.1, 0.15) is 40.2 Å². The third-order valence-corrected chi connectivity index (χ3v) is 9.27. The summed E-state index contributed by atoms with van der Waals surface area (Å²) in [6, 6.07) is 7.50. The number of pyridine rings is 1. The molecule has 184 valence electrons. The lowest BCUT2D eigenvalue weighted by Crippen LogP contribution is -2.34. The molecular weight excluding hydrogens is 509 g/mol. The van der Waals surface area contributed by atoms with Gasteiger partial charge in [-0.25, -0.2) is 12.8 Å². The monoisotopic (exact) mass is 533 g/mol. The van der Waals surface area contributed by atoms with Crippen LogP contribution >= 0.6 is 22.9 Å². The molecule has 2 fully saturated rings. The molecule has 1 N–H and O–H groups in total. The molecule has 3 heterocycles. The Morgan fingerprint density at radius 3 is 2.51 bits per heavy atom. The first-order valence-electron chi connectivity index (χ1n) is 11.4. The van der Waals surface area contributed by atoms with Gasteiger partial charge in [0.05, 0.1) is 27.4 Å². The minimum Gasteiger partial charge on any atom is -0.370 e. The molecule has 1 aliphatic carbocycles. The number of benzene rings is 1. The number of amides is 1. The fourth-order valence-corrected chi connectivity index (χ4v) is 6.54. The Hall–Kier alpha value is -2.49. The number of carbonyl (C=O) groups excluding carboxylic acids is 1. The fraction of sp³-hybridized carbons (Fsp3) is 0.360. The Morgan fingerprint density at radius 2 is 1.86 bits per heavy atom. The summed E-state index contributed by atoms with van der Waals surface area (Å²) >= 11 is 7.37. The van der Waals surface area contributed by atoms with E-state index in [0.717, 1.165) is 48.3 Å². The molecule has 0 unspecified atom stereocenters. The summed E-state index contributed by atoms with van der Waals surface area (Å²) in [7, 11) is -3.49. The minimum absolute atomic E-state index is 0.0259. The van der Waals surface area contributed by atoms with Gasteiger partial charge in [-0.2, -0.15) is 0 Å². The first kappa shape index (κ1) is 24.2. The Labute approximate surface area is 213 Å². The molecule has 1 saturated carbocycles. The SMILES string of the molecule is Cc1sc(C(=O)Nc2cc(Cl)cc(S(C)(=O)=O)c2)cc1-c1ncc(F)cc1N1CCC2(CC1)CC2. The zero-order chi connectivity index (χ0) is 25.0. The number of carbonyl (C=O) groups is 1. The lowest BCUT2D eigenvalue weighted by molar-refractivity contribution is 0.103. The number of sulfone groups is 1. The van der Waals surface area contributed by atoms with E-state index in [0.29, 0.717) is 21.7 Å². The zero-order valence-electron chi connectivity index (χ0n) is 19.4. The number of hydrogen-bond acceptors (Lipinski definition) is 6. The van der Waals surface area contributed by atoms with Gasteiger partial charge in [-0.3, -0.25) is 9.78 Å². The number of thiophene rings is 1. The molecule has 1 amide bonds. The lowest BCUT2D eigenvalue weighted by atomic mass is 9.93. The minimum atomic E-state index is -3.49. The Morgan fingerprint density at radius 1 is 1.14 bits per heavy atom. The van der Waals surface area contributed by atoms with Crippen molar-refractivity contribution in [2.45, 2.75) is 37.5 Å². The number of nitrogens with one attached hydrogen (secondary N) is 1. The number of piperidine rings is 1. The molecule has 0 radical (unpaired) electrons. The van der Waals surface area contributed by atoms with Crippen molar-refractivity contribution in [3.63, 3.8) is 0 Å². The van der Waals surface area contributed by atoms with Gasteiger partial charge in [0, 0.05) is 46.6 Å². The summed E-state index contributed by atoms with van der Waals surface area (Å²) in [5.41, 5.74) is 2.98. The number of hydrogen-bond donors (Lipinski definition) is 1. The van der Waals surface area contributed by atoms with Gasteiger partial charge >= 0.3 is 0 Å². The van der Waals surface area contributed by atoms with Crippen molar-refractivity contribution in [1.82, 2.24) is 4.98 Å². The highest BCUT2D eigenvalue weighted by Crippen LogP contribution is 2.54. The van der Waals surface area contributed by atoms with E-state index in [1.807, 2.05) is 6.92 Å². The molecule has 10 heteroatoms. The first-order valence-corrected chi connectivity index (χ1v) is 14.4. The van der Waals surface area contributed by atoms with Crippen LogP contribution in [0.2, 0.25) is 5.02 Å². The Bertz CT molecular complexity index is 1420. The molecule has 35 heavy (non-hydrogen) atoms. The van der Waals surface area contributed by atoms with Crippen molar-refractivity contribution >= 4 is 50.1 Å². The van der Waals surface area contributed by atoms with Gasteiger partial charge in [0.1, 0.15) is 5.82 Å². The van der Waals surface area contributed by atoms with Crippen LogP contribution in [0.25, 0.3) is 11.3 Å². The number of anilines is 2. The second-order valence-corrected chi connectivity index (χ2v) is 13.2. The third-order valence-electron chi connectivity index (χ3n) is 6.91. The second-order valence-electron chi connectivity index (χ2n) is 9.49. The van der Waals surface area contributed by atoms with Gasteiger partial charge in [-0.05, 0) is 62.3 Å². The summed E-state index contributed by atoms with van der Waals surface area (Å²) in [5.74, 6) is -0.771. The van der Waals surface area contributed by atoms with E-state index in [-0.39, 0.29) is 21.6 Å². The van der Waals surface area contributed by atoms with E-state index in [4.69, 9.17) is 11.6 Å². The summed E-state index contributed by atoms with van der Waals surface area (Å²) in [4.78, 5) is 21.0. The van der Waals surface area contributed by atoms with Crippen LogP contribution in [0.15, 0.2) is 41.4 Å². The second kappa shape index (κ2) is 8.87. The molecule has 1 saturated heterocycles. The fourth-order valence-electron chi connectivity index (χ4n) is 4.65. The zero-order valence-corrected chi connectivity index (χ0v) is 21.8. The number of aromatic nitrogens is 1. The third kappa shape index (κ3) is 5.08. The highest BCUT2D eigenvalue weighted by molar-refractivity contribution is 7.90. The quantitative estimate of drug-likeness (QED) is 0.438. The maximum Gasteiger partial charge on any atom is 0.265 e. The largest absolute Gasteiger partial charge is 0.370 e. The standard InChI is InChI=1S/C25H25ClFN3O3S2/c1-15-20(23-21(11-17(27)14-28-23)30-7-5-25(3-4-25)6-8-30)13-22(34-15)24(31)29-18-9-16(26)10-19(12-18)35(2,32)33/h9-14H,3-8H2,1-2H3,(H,29,31). The van der Waals surface area contributed by atoms with Crippen molar-refractivity contribution in [3.8, 4) is 11.3 Å². The van der Waals surface area contributed by atoms with Crippen LogP contribution in [0, 0.1) is 18.2 Å². The molecule has 3 aromatic rings. The van der Waals surface area contributed by atoms with Gasteiger partial charge in [-0.1, -0.05) is 11.6 Å². The number of rotatable bonds is 5. The predicted octanol–water partition coefficient (Wildman–Crippen LogP) is 5.95. The topological polar surface area (TPSA) is 79.4 Å². The average molecular weight is 534 g/mol. The molecule has 0 bridgehead atoms. The lowest BCUT2D eigenvalue weighted by Gasteiger charge is -2.34. The van der Waals surface area contributed by atoms with Crippen LogP contribution < -0.4 is 10.2 Å². The van der Waals surface area contributed by atoms with Crippen molar-refractivity contribution in [3.05, 3.63) is 57.1 Å². The van der Waals surface area contributed by atoms with Gasteiger partial charge in [0.25, 0.3) is 5.91 Å². The predicted molar refractivity (Wildman–Crippen MR) is 138 cm³/mol. The average Bonchev–Trinajstić information content (AvgIpc) is 3.43. The highest BCUT2D eigenvalue weighted by Gasteiger charge is 2.44. The van der Waals surface area contributed by atoms with Crippen LogP contribution in [-0.4, -0.2) is 38.7 Å². The molecule has 2 aromatic heterocycles. The Kier molecular flexibility index (Phi) is 6.14. The van der Waals surface area contributed by atoms with Crippen molar-refractivity contribution in [2.75, 3.05) is 29.6 Å². The van der Waals surface area contributed by atoms with E-state index < -0.39 is 9.84 Å². The maximum atomic E-state index is 14.2. The van der Waals surface area contributed by atoms with E-state index in [2.05, 4.69) is 15.2 Å². The molecule has 0 atom stereocenters. The summed E-state index contributed by atoms with van der Waals surface area (Å²) in [6.45, 7) is 3.64. The number of aryl methyl sites for hydroxylation is 1. The van der Waals surface area contributed by atoms with Crippen molar-refractivity contribution < 1.29 is 17.6 Å². The molecular formula is C25H25ClFN3O3S2. The van der Waals surface area contributed by atoms with Crippen LogP contribution in [-0.2, 0) is 9.84 Å². The maximum absolute atomic E-state index is 14.2. The summed E-state index contributed by atoms with van der Waals surface area (Å²) in [6.07, 6.45) is 7.08. The van der Waals surface area contributed by atoms with E-state index >= 15 is 0 Å². The summed E-state index contributed by atoms with van der Waals surface area (Å²) in [5, 5.41) is 2.95. The van der Waals surface area contributed by atoms with Gasteiger partial charge in [-0.15, -0.1) is 11.3 Å². The van der Waals surface area contributed by atoms with E-state index in [9.17, 15) is 17.6 Å².